The normalized spacial score (nSPS) is 13.2. The topological polar surface area (TPSA) is 52.5 Å². The third-order valence-electron chi connectivity index (χ3n) is 5.03. The Labute approximate surface area is 179 Å². The second-order valence-corrected chi connectivity index (χ2v) is 8.53. The summed E-state index contributed by atoms with van der Waals surface area (Å²) in [6.07, 6.45) is 0.818. The van der Waals surface area contributed by atoms with Gasteiger partial charge >= 0.3 is 0 Å². The number of thiophene rings is 1. The molecule has 0 fully saturated rings. The van der Waals surface area contributed by atoms with E-state index >= 15 is 0 Å². The maximum absolute atomic E-state index is 12.8. The van der Waals surface area contributed by atoms with Crippen LogP contribution in [0.1, 0.15) is 38.6 Å². The largest absolute Gasteiger partial charge is 0.489 e. The molecule has 29 heavy (non-hydrogen) atoms. The molecule has 5 nitrogen and oxygen atoms in total. The minimum atomic E-state index is -0.0984. The number of amides is 1. The van der Waals surface area contributed by atoms with Crippen LogP contribution in [0, 0.1) is 13.8 Å². The van der Waals surface area contributed by atoms with Gasteiger partial charge in [0, 0.05) is 29.2 Å². The van der Waals surface area contributed by atoms with Crippen LogP contribution in [-0.4, -0.2) is 23.7 Å². The molecule has 0 atom stereocenters. The van der Waals surface area contributed by atoms with Gasteiger partial charge in [0.25, 0.3) is 5.91 Å². The summed E-state index contributed by atoms with van der Waals surface area (Å²) in [6, 6.07) is 9.79. The van der Waals surface area contributed by atoms with Crippen LogP contribution in [0.2, 0.25) is 5.02 Å². The third-order valence-corrected chi connectivity index (χ3v) is 6.17. The number of carbonyl (C=O) groups excluding carboxylic acids is 1. The lowest BCUT2D eigenvalue weighted by molar-refractivity contribution is 0.0950. The summed E-state index contributed by atoms with van der Waals surface area (Å²) >= 11 is 8.07. The van der Waals surface area contributed by atoms with Crippen LogP contribution in [0.4, 0.5) is 0 Å². The van der Waals surface area contributed by atoms with E-state index in [-0.39, 0.29) is 5.91 Å². The van der Waals surface area contributed by atoms with Crippen LogP contribution >= 0.6 is 22.9 Å². The van der Waals surface area contributed by atoms with E-state index in [2.05, 4.69) is 21.3 Å². The van der Waals surface area contributed by atoms with E-state index in [9.17, 15) is 4.79 Å². The fourth-order valence-electron chi connectivity index (χ4n) is 3.50. The monoisotopic (exact) mass is 430 g/mol. The predicted octanol–water partition coefficient (Wildman–Crippen LogP) is 4.96. The number of aryl methyl sites for hydroxylation is 1. The fourth-order valence-corrected chi connectivity index (χ4v) is 4.48. The number of ether oxygens (including phenoxy) is 2. The van der Waals surface area contributed by atoms with E-state index in [1.807, 2.05) is 38.1 Å². The Hall–Kier alpha value is -2.44. The Bertz CT molecular complexity index is 1030. The molecule has 152 valence electrons. The van der Waals surface area contributed by atoms with Gasteiger partial charge in [0.1, 0.15) is 0 Å². The summed E-state index contributed by atoms with van der Waals surface area (Å²) in [6.45, 7) is 6.34. The molecular formula is C22H23ClN2O3S. The zero-order valence-corrected chi connectivity index (χ0v) is 18.0. The quantitative estimate of drug-likeness (QED) is 0.622. The Morgan fingerprint density at radius 3 is 2.86 bits per heavy atom. The number of fused-ring (bicyclic) bond motifs is 1. The molecule has 0 spiro atoms. The Morgan fingerprint density at radius 2 is 2.07 bits per heavy atom. The molecule has 0 unspecified atom stereocenters. The van der Waals surface area contributed by atoms with Crippen molar-refractivity contribution in [2.75, 3.05) is 13.2 Å². The molecule has 4 rings (SSSR count). The Balaban J connectivity index is 1.48. The minimum absolute atomic E-state index is 0.0984. The summed E-state index contributed by atoms with van der Waals surface area (Å²) in [4.78, 5) is 14.1. The lowest BCUT2D eigenvalue weighted by atomic mass is 10.1. The average Bonchev–Trinajstić information content (AvgIpc) is 3.22. The van der Waals surface area contributed by atoms with E-state index in [1.165, 1.54) is 4.88 Å². The molecule has 1 amide bonds. The van der Waals surface area contributed by atoms with Crippen molar-refractivity contribution < 1.29 is 14.3 Å². The molecule has 2 aromatic heterocycles. The van der Waals surface area contributed by atoms with Gasteiger partial charge < -0.3 is 19.4 Å². The van der Waals surface area contributed by atoms with Crippen LogP contribution < -0.4 is 14.8 Å². The van der Waals surface area contributed by atoms with E-state index in [0.717, 1.165) is 29.9 Å². The number of rotatable bonds is 5. The summed E-state index contributed by atoms with van der Waals surface area (Å²) in [7, 11) is 0. The highest BCUT2D eigenvalue weighted by atomic mass is 35.5. The van der Waals surface area contributed by atoms with Crippen LogP contribution in [0.25, 0.3) is 0 Å². The van der Waals surface area contributed by atoms with Gasteiger partial charge in [0.05, 0.1) is 30.3 Å². The first-order chi connectivity index (χ1) is 14.0. The van der Waals surface area contributed by atoms with Crippen LogP contribution in [-0.2, 0) is 13.1 Å². The zero-order valence-electron chi connectivity index (χ0n) is 16.5. The van der Waals surface area contributed by atoms with E-state index in [4.69, 9.17) is 21.1 Å². The number of hydrogen-bond donors (Lipinski definition) is 1. The second-order valence-electron chi connectivity index (χ2n) is 7.09. The smallest absolute Gasteiger partial charge is 0.253 e. The molecule has 0 radical (unpaired) electrons. The van der Waals surface area contributed by atoms with Gasteiger partial charge in [-0.05, 0) is 49.1 Å². The van der Waals surface area contributed by atoms with Gasteiger partial charge in [-0.25, -0.2) is 0 Å². The van der Waals surface area contributed by atoms with E-state index in [0.29, 0.717) is 41.8 Å². The van der Waals surface area contributed by atoms with Crippen LogP contribution in [0.5, 0.6) is 11.5 Å². The number of benzene rings is 1. The lowest BCUT2D eigenvalue weighted by Gasteiger charge is -2.12. The number of hydrogen-bond acceptors (Lipinski definition) is 4. The highest BCUT2D eigenvalue weighted by Crippen LogP contribution is 2.38. The van der Waals surface area contributed by atoms with Gasteiger partial charge in [0.15, 0.2) is 11.5 Å². The third kappa shape index (κ3) is 4.28. The van der Waals surface area contributed by atoms with Gasteiger partial charge in [-0.1, -0.05) is 17.7 Å². The van der Waals surface area contributed by atoms with E-state index in [1.54, 1.807) is 11.3 Å². The summed E-state index contributed by atoms with van der Waals surface area (Å²) < 4.78 is 13.6. The molecule has 0 saturated heterocycles. The van der Waals surface area contributed by atoms with Crippen molar-refractivity contribution in [3.8, 4) is 11.5 Å². The van der Waals surface area contributed by atoms with Crippen LogP contribution in [0.15, 0.2) is 35.7 Å². The van der Waals surface area contributed by atoms with Crippen molar-refractivity contribution in [1.29, 1.82) is 0 Å². The minimum Gasteiger partial charge on any atom is -0.489 e. The van der Waals surface area contributed by atoms with Crippen molar-refractivity contribution in [3.05, 3.63) is 68.1 Å². The first-order valence-electron chi connectivity index (χ1n) is 9.58. The summed E-state index contributed by atoms with van der Waals surface area (Å²) in [5.41, 5.74) is 3.60. The van der Waals surface area contributed by atoms with Gasteiger partial charge in [-0.15, -0.1) is 11.3 Å². The van der Waals surface area contributed by atoms with Crippen molar-refractivity contribution in [1.82, 2.24) is 9.88 Å². The zero-order chi connectivity index (χ0) is 20.4. The number of halogens is 1. The molecule has 0 saturated carbocycles. The molecule has 1 aromatic carbocycles. The Morgan fingerprint density at radius 1 is 1.24 bits per heavy atom. The van der Waals surface area contributed by atoms with Crippen molar-refractivity contribution in [3.63, 3.8) is 0 Å². The first kappa shape index (κ1) is 19.9. The number of nitrogens with zero attached hydrogens (tertiary/aromatic N) is 1. The highest BCUT2D eigenvalue weighted by molar-refractivity contribution is 7.09. The molecule has 7 heteroatoms. The number of carbonyl (C=O) groups is 1. The maximum atomic E-state index is 12.8. The SMILES string of the molecule is Cc1cc(C(=O)NCc2cc(Cl)c3c(c2)OCCCO3)c(C)n1Cc1cccs1. The number of nitrogens with one attached hydrogen (secondary N) is 1. The molecule has 1 N–H and O–H groups in total. The van der Waals surface area contributed by atoms with Gasteiger partial charge in [-0.2, -0.15) is 0 Å². The maximum Gasteiger partial charge on any atom is 0.253 e. The highest BCUT2D eigenvalue weighted by Gasteiger charge is 2.18. The lowest BCUT2D eigenvalue weighted by Crippen LogP contribution is -2.23. The fraction of sp³-hybridized carbons (Fsp3) is 0.318. The standard InChI is InChI=1S/C22H23ClN2O3S/c1-14-9-18(15(2)25(14)13-17-5-3-8-29-17)22(26)24-12-16-10-19(23)21-20(11-16)27-6-4-7-28-21/h3,5,8-11H,4,6-7,12-13H2,1-2H3,(H,24,26). The molecule has 1 aliphatic heterocycles. The van der Waals surface area contributed by atoms with Gasteiger partial charge in [0.2, 0.25) is 0 Å². The molecule has 3 aromatic rings. The molecule has 0 bridgehead atoms. The average molecular weight is 431 g/mol. The van der Waals surface area contributed by atoms with Crippen LogP contribution in [0.3, 0.4) is 0 Å². The molecule has 1 aliphatic rings. The summed E-state index contributed by atoms with van der Waals surface area (Å²) in [5.74, 6) is 1.11. The van der Waals surface area contributed by atoms with Crippen molar-refractivity contribution >= 4 is 28.8 Å². The molecule has 3 heterocycles. The first-order valence-corrected chi connectivity index (χ1v) is 10.8. The molecular weight excluding hydrogens is 408 g/mol. The molecule has 0 aliphatic carbocycles. The van der Waals surface area contributed by atoms with Crippen molar-refractivity contribution in [2.45, 2.75) is 33.4 Å². The predicted molar refractivity (Wildman–Crippen MR) is 116 cm³/mol. The van der Waals surface area contributed by atoms with Gasteiger partial charge in [-0.3, -0.25) is 4.79 Å². The summed E-state index contributed by atoms with van der Waals surface area (Å²) in [5, 5.41) is 5.57. The second kappa shape index (κ2) is 8.51. The van der Waals surface area contributed by atoms with E-state index < -0.39 is 0 Å². The van der Waals surface area contributed by atoms with Crippen molar-refractivity contribution in [2.24, 2.45) is 0 Å². The Kier molecular flexibility index (Phi) is 5.83. The number of aromatic nitrogens is 1.